The van der Waals surface area contributed by atoms with Gasteiger partial charge in [0.15, 0.2) is 0 Å². The molecule has 0 radical (unpaired) electrons. The first-order chi connectivity index (χ1) is 12.0. The quantitative estimate of drug-likeness (QED) is 0.577. The molecule has 1 saturated heterocycles. The van der Waals surface area contributed by atoms with Crippen molar-refractivity contribution in [2.45, 2.75) is 63.3 Å². The molecule has 0 unspecified atom stereocenters. The number of allylic oxidation sites excluding steroid dienone is 1. The number of carbonyl (C=O) groups is 1. The molecule has 2 aliphatic heterocycles. The first-order valence-electron chi connectivity index (χ1n) is 9.47. The fourth-order valence-corrected chi connectivity index (χ4v) is 5.65. The van der Waals surface area contributed by atoms with Crippen molar-refractivity contribution in [3.63, 3.8) is 0 Å². The summed E-state index contributed by atoms with van der Waals surface area (Å²) in [6.45, 7) is 4.39. The van der Waals surface area contributed by atoms with E-state index in [2.05, 4.69) is 11.9 Å². The SMILES string of the molecule is C=CCCCS(=O)(=O)N1CCC2(CC1)N=C(C1CCCCC1)NC2=O. The number of piperidine rings is 1. The van der Waals surface area contributed by atoms with Crippen molar-refractivity contribution >= 4 is 21.8 Å². The Morgan fingerprint density at radius 1 is 1.24 bits per heavy atom. The van der Waals surface area contributed by atoms with Gasteiger partial charge in [0.2, 0.25) is 10.0 Å². The maximum Gasteiger partial charge on any atom is 0.253 e. The zero-order chi connectivity index (χ0) is 17.9. The molecular formula is C18H29N3O3S. The van der Waals surface area contributed by atoms with E-state index in [1.165, 1.54) is 23.6 Å². The second kappa shape index (κ2) is 7.58. The minimum Gasteiger partial charge on any atom is -0.312 e. The van der Waals surface area contributed by atoms with Crippen LogP contribution in [0.15, 0.2) is 17.6 Å². The van der Waals surface area contributed by atoms with Crippen molar-refractivity contribution < 1.29 is 13.2 Å². The number of nitrogens with one attached hydrogen (secondary N) is 1. The van der Waals surface area contributed by atoms with Crippen LogP contribution >= 0.6 is 0 Å². The van der Waals surface area contributed by atoms with Gasteiger partial charge in [-0.15, -0.1) is 6.58 Å². The molecule has 0 aromatic heterocycles. The summed E-state index contributed by atoms with van der Waals surface area (Å²) in [5, 5.41) is 3.01. The molecule has 3 rings (SSSR count). The van der Waals surface area contributed by atoms with Crippen LogP contribution < -0.4 is 5.32 Å². The number of hydrogen-bond acceptors (Lipinski definition) is 4. The highest BCUT2D eigenvalue weighted by Crippen LogP contribution is 2.34. The number of amidine groups is 1. The molecule has 1 N–H and O–H groups in total. The summed E-state index contributed by atoms with van der Waals surface area (Å²) in [5.74, 6) is 1.34. The minimum absolute atomic E-state index is 0.0308. The van der Waals surface area contributed by atoms with E-state index in [9.17, 15) is 13.2 Å². The molecule has 140 valence electrons. The Morgan fingerprint density at radius 2 is 1.92 bits per heavy atom. The largest absolute Gasteiger partial charge is 0.312 e. The number of aliphatic imine (C=N–C) groups is 1. The minimum atomic E-state index is -3.25. The van der Waals surface area contributed by atoms with Crippen LogP contribution in [-0.2, 0) is 14.8 Å². The third kappa shape index (κ3) is 3.97. The third-order valence-corrected chi connectivity index (χ3v) is 7.70. The van der Waals surface area contributed by atoms with Crippen LogP contribution in [0, 0.1) is 5.92 Å². The highest BCUT2D eigenvalue weighted by molar-refractivity contribution is 7.89. The summed E-state index contributed by atoms with van der Waals surface area (Å²) in [4.78, 5) is 17.4. The average Bonchev–Trinajstić information content (AvgIpc) is 2.93. The Hall–Kier alpha value is -1.21. The second-order valence-electron chi connectivity index (χ2n) is 7.46. The summed E-state index contributed by atoms with van der Waals surface area (Å²) in [6, 6.07) is 0. The standard InChI is InChI=1S/C18H29N3O3S/c1-2-3-7-14-25(23,24)21-12-10-18(11-13-21)17(22)19-16(20-18)15-8-5-4-6-9-15/h2,15H,1,3-14H2,(H,19,20,22). The number of carbonyl (C=O) groups excluding carboxylic acids is 1. The van der Waals surface area contributed by atoms with Crippen molar-refractivity contribution in [3.05, 3.63) is 12.7 Å². The number of nitrogens with zero attached hydrogens (tertiary/aromatic N) is 2. The normalized spacial score (nSPS) is 25.0. The number of unbranched alkanes of at least 4 members (excludes halogenated alkanes) is 1. The van der Waals surface area contributed by atoms with E-state index >= 15 is 0 Å². The molecule has 2 fully saturated rings. The number of rotatable bonds is 6. The molecule has 1 aliphatic carbocycles. The fraction of sp³-hybridized carbons (Fsp3) is 0.778. The lowest BCUT2D eigenvalue weighted by atomic mass is 9.88. The molecule has 0 aromatic carbocycles. The molecule has 1 saturated carbocycles. The van der Waals surface area contributed by atoms with Gasteiger partial charge in [-0.1, -0.05) is 25.3 Å². The Kier molecular flexibility index (Phi) is 5.63. The highest BCUT2D eigenvalue weighted by Gasteiger charge is 2.48. The van der Waals surface area contributed by atoms with E-state index in [1.807, 2.05) is 0 Å². The van der Waals surface area contributed by atoms with E-state index in [0.29, 0.717) is 44.7 Å². The van der Waals surface area contributed by atoms with Crippen molar-refractivity contribution in [2.75, 3.05) is 18.8 Å². The van der Waals surface area contributed by atoms with Crippen LogP contribution in [0.4, 0.5) is 0 Å². The Labute approximate surface area is 150 Å². The number of hydrogen-bond donors (Lipinski definition) is 1. The molecule has 1 spiro atoms. The van der Waals surface area contributed by atoms with Crippen molar-refractivity contribution in [3.8, 4) is 0 Å². The van der Waals surface area contributed by atoms with Crippen molar-refractivity contribution in [1.29, 1.82) is 0 Å². The van der Waals surface area contributed by atoms with Gasteiger partial charge in [-0.3, -0.25) is 9.79 Å². The lowest BCUT2D eigenvalue weighted by Crippen LogP contribution is -2.50. The van der Waals surface area contributed by atoms with Gasteiger partial charge in [-0.25, -0.2) is 12.7 Å². The predicted octanol–water partition coefficient (Wildman–Crippen LogP) is 2.23. The Morgan fingerprint density at radius 3 is 2.56 bits per heavy atom. The molecule has 1 amide bonds. The van der Waals surface area contributed by atoms with Gasteiger partial charge in [0, 0.05) is 19.0 Å². The molecule has 6 nitrogen and oxygen atoms in total. The van der Waals surface area contributed by atoms with E-state index in [0.717, 1.165) is 18.7 Å². The van der Waals surface area contributed by atoms with E-state index in [1.54, 1.807) is 6.08 Å². The van der Waals surface area contributed by atoms with Gasteiger partial charge in [0.25, 0.3) is 5.91 Å². The molecule has 7 heteroatoms. The average molecular weight is 368 g/mol. The van der Waals surface area contributed by atoms with Crippen LogP contribution in [0.1, 0.15) is 57.8 Å². The van der Waals surface area contributed by atoms with Crippen LogP contribution in [0.3, 0.4) is 0 Å². The number of sulfonamides is 1. The summed E-state index contributed by atoms with van der Waals surface area (Å²) in [6.07, 6.45) is 9.86. The number of amides is 1. The maximum absolute atomic E-state index is 12.6. The highest BCUT2D eigenvalue weighted by atomic mass is 32.2. The van der Waals surface area contributed by atoms with E-state index in [-0.39, 0.29) is 11.7 Å². The maximum atomic E-state index is 12.6. The second-order valence-corrected chi connectivity index (χ2v) is 9.55. The van der Waals surface area contributed by atoms with Crippen LogP contribution in [0.25, 0.3) is 0 Å². The van der Waals surface area contributed by atoms with Gasteiger partial charge in [-0.2, -0.15) is 0 Å². The van der Waals surface area contributed by atoms with Crippen molar-refractivity contribution in [2.24, 2.45) is 10.9 Å². The van der Waals surface area contributed by atoms with Crippen LogP contribution in [0.2, 0.25) is 0 Å². The van der Waals surface area contributed by atoms with Crippen LogP contribution in [-0.4, -0.2) is 48.8 Å². The van der Waals surface area contributed by atoms with E-state index < -0.39 is 15.6 Å². The lowest BCUT2D eigenvalue weighted by molar-refractivity contribution is -0.125. The van der Waals surface area contributed by atoms with Gasteiger partial charge in [0.1, 0.15) is 11.4 Å². The topological polar surface area (TPSA) is 78.8 Å². The molecule has 0 bridgehead atoms. The van der Waals surface area contributed by atoms with Crippen LogP contribution in [0.5, 0.6) is 0 Å². The monoisotopic (exact) mass is 367 g/mol. The smallest absolute Gasteiger partial charge is 0.253 e. The lowest BCUT2D eigenvalue weighted by Gasteiger charge is -2.34. The van der Waals surface area contributed by atoms with Gasteiger partial charge in [0.05, 0.1) is 5.75 Å². The molecular weight excluding hydrogens is 338 g/mol. The first-order valence-corrected chi connectivity index (χ1v) is 11.1. The molecule has 3 aliphatic rings. The summed E-state index contributed by atoms with van der Waals surface area (Å²) < 4.78 is 26.4. The van der Waals surface area contributed by atoms with E-state index in [4.69, 9.17) is 4.99 Å². The predicted molar refractivity (Wildman–Crippen MR) is 98.9 cm³/mol. The summed E-state index contributed by atoms with van der Waals surface area (Å²) in [5.41, 5.74) is -0.736. The van der Waals surface area contributed by atoms with Gasteiger partial charge in [-0.05, 0) is 38.5 Å². The molecule has 0 atom stereocenters. The summed E-state index contributed by atoms with van der Waals surface area (Å²) >= 11 is 0. The Balaban J connectivity index is 1.63. The molecule has 2 heterocycles. The Bertz CT molecular complexity index is 642. The fourth-order valence-electron chi connectivity index (χ4n) is 4.12. The van der Waals surface area contributed by atoms with Crippen molar-refractivity contribution in [1.82, 2.24) is 9.62 Å². The first kappa shape index (κ1) is 18.6. The zero-order valence-electron chi connectivity index (χ0n) is 14.9. The third-order valence-electron chi connectivity index (χ3n) is 5.74. The van der Waals surface area contributed by atoms with Gasteiger partial charge < -0.3 is 5.32 Å². The zero-order valence-corrected chi connectivity index (χ0v) is 15.7. The summed E-state index contributed by atoms with van der Waals surface area (Å²) in [7, 11) is -3.25. The molecule has 25 heavy (non-hydrogen) atoms. The molecule has 0 aromatic rings. The van der Waals surface area contributed by atoms with Gasteiger partial charge >= 0.3 is 0 Å².